The summed E-state index contributed by atoms with van der Waals surface area (Å²) < 4.78 is 0. The first kappa shape index (κ1) is 11.4. The van der Waals surface area contributed by atoms with Gasteiger partial charge in [0.1, 0.15) is 17.3 Å². The van der Waals surface area contributed by atoms with Crippen LogP contribution in [0.3, 0.4) is 0 Å². The van der Waals surface area contributed by atoms with Crippen molar-refractivity contribution in [3.63, 3.8) is 0 Å². The number of benzene rings is 1. The molecule has 0 heterocycles. The van der Waals surface area contributed by atoms with Crippen molar-refractivity contribution in [1.82, 2.24) is 0 Å². The summed E-state index contributed by atoms with van der Waals surface area (Å²) in [6.45, 7) is 4.20. The molecule has 17 heavy (non-hydrogen) atoms. The van der Waals surface area contributed by atoms with E-state index < -0.39 is 4.92 Å². The molecule has 5 nitrogen and oxygen atoms in total. The molecule has 1 saturated carbocycles. The Morgan fingerprint density at radius 3 is 2.71 bits per heavy atom. The van der Waals surface area contributed by atoms with Gasteiger partial charge in [0.05, 0.1) is 4.92 Å². The molecular formula is C12H13N3O2. The largest absolute Gasteiger partial charge is 0.376 e. The van der Waals surface area contributed by atoms with Crippen LogP contribution in [0.4, 0.5) is 11.4 Å². The summed E-state index contributed by atoms with van der Waals surface area (Å²) in [7, 11) is 0. The van der Waals surface area contributed by atoms with E-state index in [-0.39, 0.29) is 22.7 Å². The summed E-state index contributed by atoms with van der Waals surface area (Å²) in [5.41, 5.74) is 0.581. The van der Waals surface area contributed by atoms with Crippen molar-refractivity contribution in [1.29, 1.82) is 5.26 Å². The second-order valence-electron chi connectivity index (χ2n) is 4.96. The van der Waals surface area contributed by atoms with Crippen LogP contribution in [0.5, 0.6) is 0 Å². The SMILES string of the molecule is CC1(C)CC1Nc1cccc(C#N)c1[N+](=O)[O-]. The van der Waals surface area contributed by atoms with E-state index in [4.69, 9.17) is 5.26 Å². The van der Waals surface area contributed by atoms with Gasteiger partial charge in [0.15, 0.2) is 0 Å². The highest BCUT2D eigenvalue weighted by molar-refractivity contribution is 5.69. The molecule has 0 saturated heterocycles. The van der Waals surface area contributed by atoms with E-state index >= 15 is 0 Å². The van der Waals surface area contributed by atoms with Crippen LogP contribution in [0.15, 0.2) is 18.2 Å². The number of nitro benzene ring substituents is 1. The molecule has 1 aromatic rings. The molecule has 0 spiro atoms. The first-order valence-corrected chi connectivity index (χ1v) is 5.40. The Morgan fingerprint density at radius 1 is 1.59 bits per heavy atom. The Morgan fingerprint density at radius 2 is 2.24 bits per heavy atom. The maximum Gasteiger partial charge on any atom is 0.309 e. The molecule has 1 N–H and O–H groups in total. The van der Waals surface area contributed by atoms with E-state index in [2.05, 4.69) is 19.2 Å². The van der Waals surface area contributed by atoms with Crippen LogP contribution in [0, 0.1) is 26.9 Å². The average Bonchev–Trinajstić information content (AvgIpc) is 2.85. The van der Waals surface area contributed by atoms with Gasteiger partial charge in [-0.25, -0.2) is 0 Å². The van der Waals surface area contributed by atoms with Crippen molar-refractivity contribution in [2.24, 2.45) is 5.41 Å². The van der Waals surface area contributed by atoms with Gasteiger partial charge in [-0.3, -0.25) is 10.1 Å². The van der Waals surface area contributed by atoms with Crippen molar-refractivity contribution < 1.29 is 4.92 Å². The number of nitrogens with zero attached hydrogens (tertiary/aromatic N) is 2. The number of hydrogen-bond donors (Lipinski definition) is 1. The summed E-state index contributed by atoms with van der Waals surface area (Å²) >= 11 is 0. The number of nitro groups is 1. The fourth-order valence-electron chi connectivity index (χ4n) is 1.85. The number of nitriles is 1. The summed E-state index contributed by atoms with van der Waals surface area (Å²) in [4.78, 5) is 10.5. The minimum absolute atomic E-state index is 0.0958. The van der Waals surface area contributed by atoms with Gasteiger partial charge >= 0.3 is 5.69 Å². The van der Waals surface area contributed by atoms with Gasteiger partial charge in [0.25, 0.3) is 0 Å². The summed E-state index contributed by atoms with van der Waals surface area (Å²) in [5.74, 6) is 0. The highest BCUT2D eigenvalue weighted by Gasteiger charge is 2.46. The maximum atomic E-state index is 11.0. The Labute approximate surface area is 99.2 Å². The predicted molar refractivity (Wildman–Crippen MR) is 63.6 cm³/mol. The van der Waals surface area contributed by atoms with Crippen molar-refractivity contribution in [3.8, 4) is 6.07 Å². The van der Waals surface area contributed by atoms with E-state index in [9.17, 15) is 10.1 Å². The van der Waals surface area contributed by atoms with Gasteiger partial charge in [-0.1, -0.05) is 19.9 Å². The van der Waals surface area contributed by atoms with E-state index in [0.29, 0.717) is 5.69 Å². The number of para-hydroxylation sites is 1. The Bertz CT molecular complexity index is 517. The molecule has 0 amide bonds. The lowest BCUT2D eigenvalue weighted by atomic mass is 10.1. The van der Waals surface area contributed by atoms with Crippen molar-refractivity contribution >= 4 is 11.4 Å². The topological polar surface area (TPSA) is 79.0 Å². The molecule has 0 bridgehead atoms. The average molecular weight is 231 g/mol. The lowest BCUT2D eigenvalue weighted by Crippen LogP contribution is -2.10. The van der Waals surface area contributed by atoms with Crippen LogP contribution in [0.25, 0.3) is 0 Å². The fraction of sp³-hybridized carbons (Fsp3) is 0.417. The molecular weight excluding hydrogens is 218 g/mol. The first-order valence-electron chi connectivity index (χ1n) is 5.40. The van der Waals surface area contributed by atoms with Gasteiger partial charge in [-0.15, -0.1) is 0 Å². The normalized spacial score (nSPS) is 20.4. The van der Waals surface area contributed by atoms with E-state index in [1.807, 2.05) is 6.07 Å². The molecule has 0 aliphatic heterocycles. The molecule has 1 aliphatic carbocycles. The van der Waals surface area contributed by atoms with Crippen LogP contribution in [0.2, 0.25) is 0 Å². The van der Waals surface area contributed by atoms with E-state index in [1.165, 1.54) is 6.07 Å². The maximum absolute atomic E-state index is 11.0. The molecule has 0 radical (unpaired) electrons. The zero-order valence-corrected chi connectivity index (χ0v) is 9.73. The highest BCUT2D eigenvalue weighted by Crippen LogP contribution is 2.47. The number of rotatable bonds is 3. The second kappa shape index (κ2) is 3.74. The Kier molecular flexibility index (Phi) is 2.50. The molecule has 0 aromatic heterocycles. The second-order valence-corrected chi connectivity index (χ2v) is 4.96. The lowest BCUT2D eigenvalue weighted by molar-refractivity contribution is -0.384. The monoisotopic (exact) mass is 231 g/mol. The first-order chi connectivity index (χ1) is 7.95. The Hall–Kier alpha value is -2.09. The number of nitrogens with one attached hydrogen (secondary N) is 1. The molecule has 1 aliphatic rings. The smallest absolute Gasteiger partial charge is 0.309 e. The predicted octanol–water partition coefficient (Wildman–Crippen LogP) is 2.68. The van der Waals surface area contributed by atoms with Crippen LogP contribution < -0.4 is 5.32 Å². The summed E-state index contributed by atoms with van der Waals surface area (Å²) in [6, 6.07) is 6.86. The Balaban J connectivity index is 2.34. The highest BCUT2D eigenvalue weighted by atomic mass is 16.6. The van der Waals surface area contributed by atoms with Crippen molar-refractivity contribution in [3.05, 3.63) is 33.9 Å². The third kappa shape index (κ3) is 2.07. The quantitative estimate of drug-likeness (QED) is 0.640. The van der Waals surface area contributed by atoms with Gasteiger partial charge in [-0.2, -0.15) is 5.26 Å². The standard InChI is InChI=1S/C12H13N3O2/c1-12(2)6-10(12)14-9-5-3-4-8(7-13)11(9)15(16)17/h3-5,10,14H,6H2,1-2H3. The zero-order chi connectivity index (χ0) is 12.6. The molecule has 1 fully saturated rings. The molecule has 1 aromatic carbocycles. The summed E-state index contributed by atoms with van der Waals surface area (Å²) in [6.07, 6.45) is 0.987. The van der Waals surface area contributed by atoms with E-state index in [1.54, 1.807) is 12.1 Å². The molecule has 5 heteroatoms. The minimum Gasteiger partial charge on any atom is -0.376 e. The molecule has 1 unspecified atom stereocenters. The van der Waals surface area contributed by atoms with Crippen LogP contribution >= 0.6 is 0 Å². The molecule has 88 valence electrons. The summed E-state index contributed by atoms with van der Waals surface area (Å²) in [5, 5.41) is 23.0. The fourth-order valence-corrected chi connectivity index (χ4v) is 1.85. The van der Waals surface area contributed by atoms with Crippen molar-refractivity contribution in [2.75, 3.05) is 5.32 Å². The van der Waals surface area contributed by atoms with E-state index in [0.717, 1.165) is 6.42 Å². The van der Waals surface area contributed by atoms with Crippen molar-refractivity contribution in [2.45, 2.75) is 26.3 Å². The van der Waals surface area contributed by atoms with Crippen LogP contribution in [-0.2, 0) is 0 Å². The number of anilines is 1. The van der Waals surface area contributed by atoms with Crippen LogP contribution in [-0.4, -0.2) is 11.0 Å². The number of hydrogen-bond acceptors (Lipinski definition) is 4. The third-order valence-corrected chi connectivity index (χ3v) is 3.18. The molecule has 1 atom stereocenters. The zero-order valence-electron chi connectivity index (χ0n) is 9.73. The lowest BCUT2D eigenvalue weighted by Gasteiger charge is -2.09. The molecule has 2 rings (SSSR count). The third-order valence-electron chi connectivity index (χ3n) is 3.18. The minimum atomic E-state index is -0.504. The van der Waals surface area contributed by atoms with Gasteiger partial charge in [0.2, 0.25) is 0 Å². The van der Waals surface area contributed by atoms with Gasteiger partial charge in [-0.05, 0) is 24.0 Å². The van der Waals surface area contributed by atoms with Crippen LogP contribution in [0.1, 0.15) is 25.8 Å². The van der Waals surface area contributed by atoms with Gasteiger partial charge < -0.3 is 5.32 Å². The van der Waals surface area contributed by atoms with Gasteiger partial charge in [0, 0.05) is 6.04 Å².